The van der Waals surface area contributed by atoms with E-state index in [1.165, 1.54) is 0 Å². The largest absolute Gasteiger partial charge is 0.348 e. The third-order valence-corrected chi connectivity index (χ3v) is 3.55. The number of rotatable bonds is 3. The summed E-state index contributed by atoms with van der Waals surface area (Å²) in [6.45, 7) is 0. The van der Waals surface area contributed by atoms with Gasteiger partial charge in [0.05, 0.1) is 17.3 Å². The van der Waals surface area contributed by atoms with Gasteiger partial charge in [-0.25, -0.2) is 9.37 Å². The van der Waals surface area contributed by atoms with E-state index in [4.69, 9.17) is 11.6 Å². The van der Waals surface area contributed by atoms with Crippen LogP contribution in [0.5, 0.6) is 0 Å². The molecule has 0 fully saturated rings. The van der Waals surface area contributed by atoms with E-state index in [2.05, 4.69) is 9.97 Å². The van der Waals surface area contributed by atoms with Gasteiger partial charge in [0.15, 0.2) is 0 Å². The molecule has 4 heteroatoms. The van der Waals surface area contributed by atoms with Gasteiger partial charge in [-0.1, -0.05) is 54.1 Å². The second-order valence-corrected chi connectivity index (χ2v) is 4.90. The maximum absolute atomic E-state index is 14.4. The molecule has 1 unspecified atom stereocenters. The molecular formula is C16H12ClFN2. The van der Waals surface area contributed by atoms with Crippen molar-refractivity contribution in [1.29, 1.82) is 0 Å². The minimum atomic E-state index is -0.391. The van der Waals surface area contributed by atoms with Crippen LogP contribution in [0.3, 0.4) is 0 Å². The Morgan fingerprint density at radius 3 is 2.55 bits per heavy atom. The van der Waals surface area contributed by atoms with Crippen LogP contribution in [0.4, 0.5) is 4.39 Å². The molecule has 0 bridgehead atoms. The first kappa shape index (κ1) is 12.9. The molecule has 3 aromatic rings. The number of benzene rings is 2. The van der Waals surface area contributed by atoms with Gasteiger partial charge in [0.1, 0.15) is 5.82 Å². The van der Waals surface area contributed by atoms with E-state index in [0.29, 0.717) is 5.56 Å². The van der Waals surface area contributed by atoms with Crippen LogP contribution < -0.4 is 0 Å². The molecule has 2 nitrogen and oxygen atoms in total. The summed E-state index contributed by atoms with van der Waals surface area (Å²) >= 11 is 5.91. The Bertz CT molecular complexity index is 696. The lowest BCUT2D eigenvalue weighted by Gasteiger charge is -2.17. The summed E-state index contributed by atoms with van der Waals surface area (Å²) in [4.78, 5) is 7.10. The molecule has 100 valence electrons. The first-order chi connectivity index (χ1) is 9.77. The highest BCUT2D eigenvalue weighted by atomic mass is 35.5. The van der Waals surface area contributed by atoms with Gasteiger partial charge in [0.2, 0.25) is 0 Å². The molecule has 0 aliphatic heterocycles. The molecule has 20 heavy (non-hydrogen) atoms. The Morgan fingerprint density at radius 1 is 1.05 bits per heavy atom. The number of aromatic amines is 1. The second kappa shape index (κ2) is 5.47. The molecule has 1 aromatic heterocycles. The van der Waals surface area contributed by atoms with Gasteiger partial charge < -0.3 is 4.98 Å². The maximum Gasteiger partial charge on any atom is 0.145 e. The van der Waals surface area contributed by atoms with E-state index >= 15 is 0 Å². The van der Waals surface area contributed by atoms with Crippen LogP contribution in [-0.4, -0.2) is 9.97 Å². The molecule has 0 saturated heterocycles. The normalized spacial score (nSPS) is 12.3. The van der Waals surface area contributed by atoms with E-state index in [9.17, 15) is 4.39 Å². The lowest BCUT2D eigenvalue weighted by atomic mass is 9.88. The predicted octanol–water partition coefficient (Wildman–Crippen LogP) is 4.38. The fourth-order valence-corrected chi connectivity index (χ4v) is 2.52. The van der Waals surface area contributed by atoms with E-state index in [1.807, 2.05) is 30.3 Å². The fourth-order valence-electron chi connectivity index (χ4n) is 2.34. The molecule has 0 amide bonds. The summed E-state index contributed by atoms with van der Waals surface area (Å²) in [6.07, 6.45) is 3.30. The smallest absolute Gasteiger partial charge is 0.145 e. The van der Waals surface area contributed by atoms with Crippen molar-refractivity contribution in [2.24, 2.45) is 0 Å². The molecular weight excluding hydrogens is 275 g/mol. The minimum Gasteiger partial charge on any atom is -0.348 e. The van der Waals surface area contributed by atoms with Crippen molar-refractivity contribution in [1.82, 2.24) is 9.97 Å². The van der Waals surface area contributed by atoms with Crippen LogP contribution in [0.2, 0.25) is 5.02 Å². The van der Waals surface area contributed by atoms with E-state index in [-0.39, 0.29) is 10.9 Å². The Hall–Kier alpha value is -2.13. The van der Waals surface area contributed by atoms with Crippen LogP contribution in [0.25, 0.3) is 0 Å². The lowest BCUT2D eigenvalue weighted by Crippen LogP contribution is -2.06. The number of halogens is 2. The number of nitrogens with zero attached hydrogens (tertiary/aromatic N) is 1. The van der Waals surface area contributed by atoms with E-state index < -0.39 is 5.82 Å². The standard InChI is InChI=1S/C16H12ClFN2/c17-13-8-4-7-12(16(13)18)15(14-9-19-10-20-14)11-5-2-1-3-6-11/h1-10,15H,(H,19,20). The molecule has 2 aromatic carbocycles. The van der Waals surface area contributed by atoms with Crippen molar-refractivity contribution in [2.45, 2.75) is 5.92 Å². The summed E-state index contributed by atoms with van der Waals surface area (Å²) in [5.74, 6) is -0.644. The Balaban J connectivity index is 2.19. The quantitative estimate of drug-likeness (QED) is 0.760. The van der Waals surface area contributed by atoms with Crippen molar-refractivity contribution in [3.8, 4) is 0 Å². The summed E-state index contributed by atoms with van der Waals surface area (Å²) in [7, 11) is 0. The molecule has 1 atom stereocenters. The molecule has 0 radical (unpaired) electrons. The molecule has 0 aliphatic carbocycles. The molecule has 1 heterocycles. The molecule has 3 rings (SSSR count). The highest BCUT2D eigenvalue weighted by molar-refractivity contribution is 6.30. The van der Waals surface area contributed by atoms with Crippen molar-refractivity contribution in [3.05, 3.63) is 88.7 Å². The summed E-state index contributed by atoms with van der Waals surface area (Å²) in [6, 6.07) is 14.8. The first-order valence-electron chi connectivity index (χ1n) is 6.24. The van der Waals surface area contributed by atoms with Crippen LogP contribution in [-0.2, 0) is 0 Å². The van der Waals surface area contributed by atoms with Gasteiger partial charge in [-0.15, -0.1) is 0 Å². The maximum atomic E-state index is 14.4. The van der Waals surface area contributed by atoms with Crippen LogP contribution in [0, 0.1) is 5.82 Å². The highest BCUT2D eigenvalue weighted by Gasteiger charge is 2.22. The number of aromatic nitrogens is 2. The summed E-state index contributed by atoms with van der Waals surface area (Å²) < 4.78 is 14.4. The Morgan fingerprint density at radius 2 is 1.85 bits per heavy atom. The van der Waals surface area contributed by atoms with Gasteiger partial charge >= 0.3 is 0 Å². The second-order valence-electron chi connectivity index (χ2n) is 4.49. The van der Waals surface area contributed by atoms with E-state index in [1.54, 1.807) is 30.7 Å². The SMILES string of the molecule is Fc1c(Cl)cccc1C(c1ccccc1)c1cnc[nH]1. The zero-order valence-corrected chi connectivity index (χ0v) is 11.3. The van der Waals surface area contributed by atoms with Gasteiger partial charge in [-0.05, 0) is 11.6 Å². The highest BCUT2D eigenvalue weighted by Crippen LogP contribution is 2.34. The number of imidazole rings is 1. The predicted molar refractivity (Wildman–Crippen MR) is 77.4 cm³/mol. The number of nitrogens with one attached hydrogen (secondary N) is 1. The zero-order chi connectivity index (χ0) is 13.9. The summed E-state index contributed by atoms with van der Waals surface area (Å²) in [5, 5.41) is 0.128. The number of hydrogen-bond donors (Lipinski definition) is 1. The third-order valence-electron chi connectivity index (χ3n) is 3.26. The first-order valence-corrected chi connectivity index (χ1v) is 6.62. The minimum absolute atomic E-state index is 0.128. The topological polar surface area (TPSA) is 28.7 Å². The van der Waals surface area contributed by atoms with Gasteiger partial charge in [-0.3, -0.25) is 0 Å². The fraction of sp³-hybridized carbons (Fsp3) is 0.0625. The van der Waals surface area contributed by atoms with E-state index in [0.717, 1.165) is 11.3 Å². The van der Waals surface area contributed by atoms with Crippen molar-refractivity contribution in [2.75, 3.05) is 0 Å². The molecule has 0 saturated carbocycles. The van der Waals surface area contributed by atoms with Crippen molar-refractivity contribution >= 4 is 11.6 Å². The number of hydrogen-bond acceptors (Lipinski definition) is 1. The van der Waals surface area contributed by atoms with Gasteiger partial charge in [0.25, 0.3) is 0 Å². The lowest BCUT2D eigenvalue weighted by molar-refractivity contribution is 0.606. The van der Waals surface area contributed by atoms with Crippen molar-refractivity contribution in [3.63, 3.8) is 0 Å². The third kappa shape index (κ3) is 2.32. The summed E-state index contributed by atoms with van der Waals surface area (Å²) in [5.41, 5.74) is 2.35. The van der Waals surface area contributed by atoms with Crippen LogP contribution in [0.1, 0.15) is 22.7 Å². The van der Waals surface area contributed by atoms with Crippen LogP contribution in [0.15, 0.2) is 61.1 Å². The Kier molecular flexibility index (Phi) is 3.52. The zero-order valence-electron chi connectivity index (χ0n) is 10.6. The van der Waals surface area contributed by atoms with Crippen molar-refractivity contribution < 1.29 is 4.39 Å². The number of H-pyrrole nitrogens is 1. The molecule has 1 N–H and O–H groups in total. The molecule has 0 spiro atoms. The average Bonchev–Trinajstić information content (AvgIpc) is 2.99. The average molecular weight is 287 g/mol. The van der Waals surface area contributed by atoms with Gasteiger partial charge in [0, 0.05) is 17.5 Å². The monoisotopic (exact) mass is 286 g/mol. The molecule has 0 aliphatic rings. The Labute approximate surface area is 121 Å². The van der Waals surface area contributed by atoms with Gasteiger partial charge in [-0.2, -0.15) is 0 Å². The van der Waals surface area contributed by atoms with Crippen LogP contribution >= 0.6 is 11.6 Å².